The summed E-state index contributed by atoms with van der Waals surface area (Å²) < 4.78 is 10.4. The lowest BCUT2D eigenvalue weighted by Crippen LogP contribution is -2.29. The molecule has 0 fully saturated rings. The Morgan fingerprint density at radius 1 is 1.20 bits per heavy atom. The Bertz CT molecular complexity index is 872. The number of carboxylic acids is 1. The van der Waals surface area contributed by atoms with E-state index in [2.05, 4.69) is 0 Å². The van der Waals surface area contributed by atoms with E-state index in [1.54, 1.807) is 36.2 Å². The Balaban J connectivity index is 1.96. The second-order valence-corrected chi connectivity index (χ2v) is 5.51. The standard InChI is InChI=1S/C19H17NO5/c1-20-15-6-4-3-5-13(15)14(19(20)23)9-12-7-8-16(17(10-12)24-2)25-11-18(21)22/h3-10H,11H2,1-2H3,(H,21,22)/p-1/b14-9+. The van der Waals surface area contributed by atoms with E-state index < -0.39 is 12.6 Å². The molecule has 6 nitrogen and oxygen atoms in total. The van der Waals surface area contributed by atoms with Crippen LogP contribution in [0.4, 0.5) is 5.69 Å². The summed E-state index contributed by atoms with van der Waals surface area (Å²) in [5, 5.41) is 10.5. The molecule has 25 heavy (non-hydrogen) atoms. The van der Waals surface area contributed by atoms with Crippen LogP contribution in [0.5, 0.6) is 11.5 Å². The number of para-hydroxylation sites is 1. The molecular weight excluding hydrogens is 322 g/mol. The molecule has 1 aliphatic rings. The monoisotopic (exact) mass is 338 g/mol. The number of anilines is 1. The SMILES string of the molecule is COc1cc(/C=C2/C(=O)N(C)c3ccccc32)ccc1OCC(=O)[O-]. The highest BCUT2D eigenvalue weighted by Crippen LogP contribution is 2.37. The van der Waals surface area contributed by atoms with Gasteiger partial charge in [0.2, 0.25) is 0 Å². The first-order chi connectivity index (χ1) is 12.0. The number of hydrogen-bond donors (Lipinski definition) is 0. The lowest BCUT2D eigenvalue weighted by molar-refractivity contribution is -0.307. The summed E-state index contributed by atoms with van der Waals surface area (Å²) in [6, 6.07) is 12.6. The fourth-order valence-corrected chi connectivity index (χ4v) is 2.74. The van der Waals surface area contributed by atoms with Crippen molar-refractivity contribution in [3.63, 3.8) is 0 Å². The first-order valence-electron chi connectivity index (χ1n) is 7.61. The summed E-state index contributed by atoms with van der Waals surface area (Å²) in [6.45, 7) is -0.562. The molecule has 0 bridgehead atoms. The number of methoxy groups -OCH3 is 1. The number of hydrogen-bond acceptors (Lipinski definition) is 5. The van der Waals surface area contributed by atoms with Gasteiger partial charge in [-0.2, -0.15) is 0 Å². The van der Waals surface area contributed by atoms with Crippen LogP contribution in [0.25, 0.3) is 11.6 Å². The number of carbonyl (C=O) groups excluding carboxylic acids is 2. The average molecular weight is 338 g/mol. The van der Waals surface area contributed by atoms with Crippen molar-refractivity contribution >= 4 is 29.2 Å². The number of amides is 1. The molecule has 0 saturated carbocycles. The van der Waals surface area contributed by atoms with Crippen molar-refractivity contribution in [1.29, 1.82) is 0 Å². The van der Waals surface area contributed by atoms with E-state index >= 15 is 0 Å². The summed E-state index contributed by atoms with van der Waals surface area (Å²) in [4.78, 5) is 24.6. The van der Waals surface area contributed by atoms with Crippen LogP contribution in [0.3, 0.4) is 0 Å². The molecular formula is C19H16NO5-. The molecule has 1 amide bonds. The van der Waals surface area contributed by atoms with Crippen LogP contribution in [0.15, 0.2) is 42.5 Å². The van der Waals surface area contributed by atoms with Crippen LogP contribution in [0.2, 0.25) is 0 Å². The van der Waals surface area contributed by atoms with Gasteiger partial charge < -0.3 is 24.3 Å². The highest BCUT2D eigenvalue weighted by Gasteiger charge is 2.29. The van der Waals surface area contributed by atoms with Crippen molar-refractivity contribution in [3.8, 4) is 11.5 Å². The number of likely N-dealkylation sites (N-methyl/N-ethyl adjacent to an activating group) is 1. The third-order valence-corrected chi connectivity index (χ3v) is 3.93. The number of carbonyl (C=O) groups is 2. The zero-order valence-electron chi connectivity index (χ0n) is 13.8. The van der Waals surface area contributed by atoms with Crippen LogP contribution in [0, 0.1) is 0 Å². The number of aliphatic carboxylic acids is 1. The molecule has 3 rings (SSSR count). The molecule has 1 heterocycles. The first kappa shape index (κ1) is 16.6. The van der Waals surface area contributed by atoms with E-state index in [1.165, 1.54) is 7.11 Å². The van der Waals surface area contributed by atoms with Gasteiger partial charge in [0.05, 0.1) is 18.8 Å². The Hall–Kier alpha value is -3.28. The minimum atomic E-state index is -1.32. The molecule has 128 valence electrons. The predicted octanol–water partition coefficient (Wildman–Crippen LogP) is 1.34. The molecule has 0 radical (unpaired) electrons. The van der Waals surface area contributed by atoms with Gasteiger partial charge in [0.25, 0.3) is 5.91 Å². The van der Waals surface area contributed by atoms with E-state index in [0.29, 0.717) is 17.1 Å². The van der Waals surface area contributed by atoms with Crippen LogP contribution >= 0.6 is 0 Å². The lowest BCUT2D eigenvalue weighted by Gasteiger charge is -2.12. The third-order valence-electron chi connectivity index (χ3n) is 3.93. The van der Waals surface area contributed by atoms with Crippen molar-refractivity contribution in [1.82, 2.24) is 0 Å². The molecule has 1 aliphatic heterocycles. The Morgan fingerprint density at radius 3 is 2.68 bits per heavy atom. The fraction of sp³-hybridized carbons (Fsp3) is 0.158. The second-order valence-electron chi connectivity index (χ2n) is 5.51. The van der Waals surface area contributed by atoms with Gasteiger partial charge in [0.15, 0.2) is 11.5 Å². The lowest BCUT2D eigenvalue weighted by atomic mass is 10.0. The van der Waals surface area contributed by atoms with Crippen LogP contribution in [0.1, 0.15) is 11.1 Å². The van der Waals surface area contributed by atoms with Crippen molar-refractivity contribution in [2.45, 2.75) is 0 Å². The zero-order valence-corrected chi connectivity index (χ0v) is 13.8. The third kappa shape index (κ3) is 3.19. The zero-order chi connectivity index (χ0) is 18.0. The van der Waals surface area contributed by atoms with Gasteiger partial charge in [-0.25, -0.2) is 0 Å². The molecule has 0 aliphatic carbocycles. The van der Waals surface area contributed by atoms with Gasteiger partial charge >= 0.3 is 0 Å². The summed E-state index contributed by atoms with van der Waals surface area (Å²) in [7, 11) is 3.20. The smallest absolute Gasteiger partial charge is 0.258 e. The van der Waals surface area contributed by atoms with E-state index in [9.17, 15) is 14.7 Å². The van der Waals surface area contributed by atoms with Gasteiger partial charge in [-0.05, 0) is 29.8 Å². The fourth-order valence-electron chi connectivity index (χ4n) is 2.74. The largest absolute Gasteiger partial charge is 0.546 e. The Labute approximate surface area is 144 Å². The van der Waals surface area contributed by atoms with Gasteiger partial charge in [-0.3, -0.25) is 4.79 Å². The maximum Gasteiger partial charge on any atom is 0.258 e. The number of fused-ring (bicyclic) bond motifs is 1. The molecule has 0 unspecified atom stereocenters. The minimum Gasteiger partial charge on any atom is -0.546 e. The molecule has 0 aromatic heterocycles. The van der Waals surface area contributed by atoms with Crippen molar-refractivity contribution in [2.75, 3.05) is 25.7 Å². The van der Waals surface area contributed by atoms with Crippen molar-refractivity contribution in [3.05, 3.63) is 53.6 Å². The van der Waals surface area contributed by atoms with Gasteiger partial charge in [-0.1, -0.05) is 24.3 Å². The molecule has 0 saturated heterocycles. The van der Waals surface area contributed by atoms with Crippen molar-refractivity contribution in [2.24, 2.45) is 0 Å². The number of rotatable bonds is 5. The predicted molar refractivity (Wildman–Crippen MR) is 91.2 cm³/mol. The Morgan fingerprint density at radius 2 is 1.96 bits per heavy atom. The first-order valence-corrected chi connectivity index (χ1v) is 7.61. The maximum atomic E-state index is 12.5. The molecule has 2 aromatic carbocycles. The van der Waals surface area contributed by atoms with E-state index in [0.717, 1.165) is 16.8 Å². The topological polar surface area (TPSA) is 78.9 Å². The highest BCUT2D eigenvalue weighted by molar-refractivity contribution is 6.35. The summed E-state index contributed by atoms with van der Waals surface area (Å²) in [5.74, 6) is -0.728. The van der Waals surface area contributed by atoms with Crippen LogP contribution < -0.4 is 19.5 Å². The molecule has 0 N–H and O–H groups in total. The number of carboxylic acid groups (broad SMARTS) is 1. The highest BCUT2D eigenvalue weighted by atomic mass is 16.5. The maximum absolute atomic E-state index is 12.5. The molecule has 0 spiro atoms. The van der Waals surface area contributed by atoms with E-state index in [-0.39, 0.29) is 5.91 Å². The number of ether oxygens (including phenoxy) is 2. The van der Waals surface area contributed by atoms with Crippen molar-refractivity contribution < 1.29 is 24.2 Å². The van der Waals surface area contributed by atoms with Gasteiger partial charge in [-0.15, -0.1) is 0 Å². The van der Waals surface area contributed by atoms with Crippen LogP contribution in [-0.2, 0) is 9.59 Å². The van der Waals surface area contributed by atoms with E-state index in [1.807, 2.05) is 24.3 Å². The molecule has 0 atom stereocenters. The quantitative estimate of drug-likeness (QED) is 0.769. The number of nitrogens with zero attached hydrogens (tertiary/aromatic N) is 1. The summed E-state index contributed by atoms with van der Waals surface area (Å²) in [5.41, 5.74) is 3.06. The average Bonchev–Trinajstić information content (AvgIpc) is 2.85. The van der Waals surface area contributed by atoms with Gasteiger partial charge in [0, 0.05) is 18.2 Å². The normalized spacial score (nSPS) is 14.6. The van der Waals surface area contributed by atoms with Crippen LogP contribution in [-0.4, -0.2) is 32.6 Å². The second kappa shape index (κ2) is 6.68. The minimum absolute atomic E-state index is 0.0857. The summed E-state index contributed by atoms with van der Waals surface area (Å²) >= 11 is 0. The van der Waals surface area contributed by atoms with Gasteiger partial charge in [0.1, 0.15) is 6.61 Å². The molecule has 6 heteroatoms. The number of benzene rings is 2. The van der Waals surface area contributed by atoms with E-state index in [4.69, 9.17) is 9.47 Å². The summed E-state index contributed by atoms with van der Waals surface area (Å²) in [6.07, 6.45) is 1.77. The Kier molecular flexibility index (Phi) is 4.43. The molecule has 2 aromatic rings.